The molecule has 6 heteroatoms. The highest BCUT2D eigenvalue weighted by Crippen LogP contribution is 2.26. The van der Waals surface area contributed by atoms with E-state index in [2.05, 4.69) is 4.72 Å². The van der Waals surface area contributed by atoms with Crippen molar-refractivity contribution < 1.29 is 8.42 Å². The highest BCUT2D eigenvalue weighted by atomic mass is 35.5. The summed E-state index contributed by atoms with van der Waals surface area (Å²) in [5.74, 6) is 0. The Hall–Kier alpha value is -0.620. The molecule has 0 aliphatic rings. The summed E-state index contributed by atoms with van der Waals surface area (Å²) >= 11 is 6.09. The molecule has 0 aliphatic heterocycles. The van der Waals surface area contributed by atoms with Crippen LogP contribution in [0, 0.1) is 6.92 Å². The number of aryl methyl sites for hydroxylation is 1. The van der Waals surface area contributed by atoms with Crippen molar-refractivity contribution in [1.82, 2.24) is 4.72 Å². The molecule has 108 valence electrons. The first-order chi connectivity index (χ1) is 8.82. The van der Waals surface area contributed by atoms with Crippen molar-refractivity contribution in [3.8, 4) is 0 Å². The Balaban J connectivity index is 3.22. The normalized spacial score (nSPS) is 12.7. The fraction of sp³-hybridized carbons (Fsp3) is 0.538. The lowest BCUT2D eigenvalue weighted by atomic mass is 9.95. The number of halogens is 1. The van der Waals surface area contributed by atoms with Crippen LogP contribution in [0.3, 0.4) is 0 Å². The van der Waals surface area contributed by atoms with E-state index in [0.717, 1.165) is 5.56 Å². The minimum Gasteiger partial charge on any atom is -0.329 e. The molecule has 0 aliphatic carbocycles. The topological polar surface area (TPSA) is 72.2 Å². The number of benzene rings is 1. The van der Waals surface area contributed by atoms with Gasteiger partial charge in [0.1, 0.15) is 4.90 Å². The van der Waals surface area contributed by atoms with Gasteiger partial charge in [-0.25, -0.2) is 13.1 Å². The van der Waals surface area contributed by atoms with Gasteiger partial charge in [0.25, 0.3) is 0 Å². The highest BCUT2D eigenvalue weighted by Gasteiger charge is 2.31. The first-order valence-corrected chi connectivity index (χ1v) is 8.17. The van der Waals surface area contributed by atoms with E-state index in [4.69, 9.17) is 17.3 Å². The van der Waals surface area contributed by atoms with Crippen LogP contribution in [0.1, 0.15) is 32.3 Å². The molecular formula is C13H21ClN2O2S. The molecule has 0 atom stereocenters. The van der Waals surface area contributed by atoms with Gasteiger partial charge >= 0.3 is 0 Å². The number of nitrogens with one attached hydrogen (secondary N) is 1. The third-order valence-electron chi connectivity index (χ3n) is 3.54. The van der Waals surface area contributed by atoms with E-state index in [1.807, 2.05) is 13.8 Å². The molecule has 0 saturated carbocycles. The van der Waals surface area contributed by atoms with Gasteiger partial charge in [-0.05, 0) is 31.4 Å². The molecule has 1 aromatic rings. The number of hydrogen-bond donors (Lipinski definition) is 2. The van der Waals surface area contributed by atoms with Crippen LogP contribution in [0.4, 0.5) is 0 Å². The molecule has 0 unspecified atom stereocenters. The molecule has 3 N–H and O–H groups in total. The third kappa shape index (κ3) is 3.48. The molecule has 1 aromatic carbocycles. The number of sulfonamides is 1. The monoisotopic (exact) mass is 304 g/mol. The molecule has 0 saturated heterocycles. The van der Waals surface area contributed by atoms with E-state index in [1.165, 1.54) is 6.07 Å². The van der Waals surface area contributed by atoms with Crippen molar-refractivity contribution in [1.29, 1.82) is 0 Å². The zero-order valence-corrected chi connectivity index (χ0v) is 13.1. The molecular weight excluding hydrogens is 284 g/mol. The van der Waals surface area contributed by atoms with Gasteiger partial charge in [0.2, 0.25) is 10.0 Å². The molecule has 0 fully saturated rings. The summed E-state index contributed by atoms with van der Waals surface area (Å²) < 4.78 is 27.6. The first-order valence-electron chi connectivity index (χ1n) is 6.31. The quantitative estimate of drug-likeness (QED) is 0.848. The molecule has 0 bridgehead atoms. The van der Waals surface area contributed by atoms with Crippen LogP contribution >= 0.6 is 11.6 Å². The van der Waals surface area contributed by atoms with E-state index in [-0.39, 0.29) is 16.5 Å². The predicted octanol–water partition coefficient (Wildman–Crippen LogP) is 2.44. The molecule has 0 amide bonds. The lowest BCUT2D eigenvalue weighted by Gasteiger charge is -2.31. The second-order valence-corrected chi connectivity index (χ2v) is 6.71. The Morgan fingerprint density at radius 1 is 1.32 bits per heavy atom. The minimum absolute atomic E-state index is 0.105. The van der Waals surface area contributed by atoms with Gasteiger partial charge < -0.3 is 5.73 Å². The van der Waals surface area contributed by atoms with E-state index < -0.39 is 15.6 Å². The van der Waals surface area contributed by atoms with Crippen molar-refractivity contribution >= 4 is 21.6 Å². The molecule has 0 heterocycles. The average molecular weight is 305 g/mol. The van der Waals surface area contributed by atoms with Gasteiger partial charge in [-0.15, -0.1) is 0 Å². The minimum atomic E-state index is -3.67. The number of nitrogens with two attached hydrogens (primary N) is 1. The van der Waals surface area contributed by atoms with Gasteiger partial charge in [0, 0.05) is 12.1 Å². The van der Waals surface area contributed by atoms with Crippen LogP contribution in [-0.2, 0) is 10.0 Å². The predicted molar refractivity (Wildman–Crippen MR) is 78.9 cm³/mol. The van der Waals surface area contributed by atoms with E-state index in [9.17, 15) is 8.42 Å². The SMILES string of the molecule is CCC(CC)(CN)NS(=O)(=O)c1cccc(C)c1Cl. The molecule has 19 heavy (non-hydrogen) atoms. The van der Waals surface area contributed by atoms with Gasteiger partial charge in [0.15, 0.2) is 0 Å². The van der Waals surface area contributed by atoms with Crippen LogP contribution < -0.4 is 10.5 Å². The van der Waals surface area contributed by atoms with Gasteiger partial charge in [-0.3, -0.25) is 0 Å². The molecule has 0 radical (unpaired) electrons. The Morgan fingerprint density at radius 3 is 2.37 bits per heavy atom. The highest BCUT2D eigenvalue weighted by molar-refractivity contribution is 7.89. The Morgan fingerprint density at radius 2 is 1.89 bits per heavy atom. The lowest BCUT2D eigenvalue weighted by Crippen LogP contribution is -2.52. The van der Waals surface area contributed by atoms with E-state index >= 15 is 0 Å². The zero-order chi connectivity index (χ0) is 14.7. The summed E-state index contributed by atoms with van der Waals surface area (Å²) in [6.07, 6.45) is 1.26. The summed E-state index contributed by atoms with van der Waals surface area (Å²) in [7, 11) is -3.67. The fourth-order valence-corrected chi connectivity index (χ4v) is 4.03. The van der Waals surface area contributed by atoms with Crippen molar-refractivity contribution in [2.75, 3.05) is 6.54 Å². The summed E-state index contributed by atoms with van der Waals surface area (Å²) in [6.45, 7) is 5.85. The zero-order valence-electron chi connectivity index (χ0n) is 11.5. The summed E-state index contributed by atoms with van der Waals surface area (Å²) in [4.78, 5) is 0.105. The van der Waals surface area contributed by atoms with Crippen molar-refractivity contribution in [2.45, 2.75) is 44.0 Å². The lowest BCUT2D eigenvalue weighted by molar-refractivity contribution is 0.363. The van der Waals surface area contributed by atoms with Gasteiger partial charge in [-0.1, -0.05) is 37.6 Å². The molecule has 4 nitrogen and oxygen atoms in total. The number of rotatable bonds is 6. The maximum Gasteiger partial charge on any atom is 0.242 e. The maximum absolute atomic E-state index is 12.4. The Labute approximate surface area is 120 Å². The van der Waals surface area contributed by atoms with Crippen molar-refractivity contribution in [3.63, 3.8) is 0 Å². The summed E-state index contributed by atoms with van der Waals surface area (Å²) in [5.41, 5.74) is 5.84. The van der Waals surface area contributed by atoms with Crippen LogP contribution in [-0.4, -0.2) is 20.5 Å². The van der Waals surface area contributed by atoms with Crippen molar-refractivity contribution in [2.24, 2.45) is 5.73 Å². The standard InChI is InChI=1S/C13H21ClN2O2S/c1-4-13(5-2,9-15)16-19(17,18)11-8-6-7-10(3)12(11)14/h6-8,16H,4-5,9,15H2,1-3H3. The smallest absolute Gasteiger partial charge is 0.242 e. The van der Waals surface area contributed by atoms with Gasteiger partial charge in [-0.2, -0.15) is 0 Å². The van der Waals surface area contributed by atoms with Gasteiger partial charge in [0.05, 0.1) is 5.02 Å². The Bertz CT molecular complexity index is 531. The maximum atomic E-state index is 12.4. The third-order valence-corrected chi connectivity index (χ3v) is 5.78. The second kappa shape index (κ2) is 6.22. The Kier molecular flexibility index (Phi) is 5.38. The fourth-order valence-electron chi connectivity index (χ4n) is 1.89. The van der Waals surface area contributed by atoms with Crippen molar-refractivity contribution in [3.05, 3.63) is 28.8 Å². The molecule has 0 aromatic heterocycles. The van der Waals surface area contributed by atoms with E-state index in [0.29, 0.717) is 12.8 Å². The van der Waals surface area contributed by atoms with Crippen LogP contribution in [0.2, 0.25) is 5.02 Å². The first kappa shape index (κ1) is 16.4. The average Bonchev–Trinajstić information content (AvgIpc) is 2.39. The summed E-state index contributed by atoms with van der Waals surface area (Å²) in [5, 5.41) is 0.258. The molecule has 1 rings (SSSR count). The molecule has 0 spiro atoms. The number of hydrogen-bond acceptors (Lipinski definition) is 3. The summed E-state index contributed by atoms with van der Waals surface area (Å²) in [6, 6.07) is 4.96. The van der Waals surface area contributed by atoms with Crippen LogP contribution in [0.25, 0.3) is 0 Å². The van der Waals surface area contributed by atoms with E-state index in [1.54, 1.807) is 19.1 Å². The van der Waals surface area contributed by atoms with Crippen LogP contribution in [0.15, 0.2) is 23.1 Å². The van der Waals surface area contributed by atoms with Crippen LogP contribution in [0.5, 0.6) is 0 Å². The second-order valence-electron chi connectivity index (χ2n) is 4.68. The largest absolute Gasteiger partial charge is 0.329 e.